The number of anilines is 1. The molecular weight excluding hydrogens is 519 g/mol. The second-order valence-electron chi connectivity index (χ2n) is 6.20. The lowest BCUT2D eigenvalue weighted by molar-refractivity contribution is -0.0514. The molecule has 0 spiro atoms. The Morgan fingerprint density at radius 3 is 2.65 bits per heavy atom. The number of benzene rings is 2. The number of halogens is 5. The van der Waals surface area contributed by atoms with Gasteiger partial charge in [-0.2, -0.15) is 13.9 Å². The lowest BCUT2D eigenvalue weighted by Gasteiger charge is -2.12. The van der Waals surface area contributed by atoms with E-state index in [0.29, 0.717) is 21.1 Å². The summed E-state index contributed by atoms with van der Waals surface area (Å²) in [6.45, 7) is -0.694. The van der Waals surface area contributed by atoms with Gasteiger partial charge in [0.25, 0.3) is 5.91 Å². The number of carbonyl (C=O) groups is 1. The van der Waals surface area contributed by atoms with E-state index >= 15 is 0 Å². The van der Waals surface area contributed by atoms with E-state index in [-0.39, 0.29) is 29.5 Å². The zero-order valence-electron chi connectivity index (χ0n) is 16.0. The maximum Gasteiger partial charge on any atom is 0.387 e. The molecule has 11 heteroatoms. The first-order valence-corrected chi connectivity index (χ1v) is 10.5. The van der Waals surface area contributed by atoms with Crippen LogP contribution in [0.5, 0.6) is 11.5 Å². The molecule has 0 unspecified atom stereocenters. The molecule has 164 valence electrons. The molecule has 0 saturated heterocycles. The van der Waals surface area contributed by atoms with Gasteiger partial charge in [0, 0.05) is 11.8 Å². The highest BCUT2D eigenvalue weighted by Gasteiger charge is 2.17. The van der Waals surface area contributed by atoms with Crippen LogP contribution >= 0.6 is 39.1 Å². The Kier molecular flexibility index (Phi) is 7.74. The van der Waals surface area contributed by atoms with Gasteiger partial charge in [0.15, 0.2) is 17.3 Å². The fourth-order valence-electron chi connectivity index (χ4n) is 2.68. The number of rotatable bonds is 8. The summed E-state index contributed by atoms with van der Waals surface area (Å²) in [5, 5.41) is 7.91. The number of ether oxygens (including phenoxy) is 2. The molecule has 0 saturated carbocycles. The van der Waals surface area contributed by atoms with Crippen molar-refractivity contribution in [2.24, 2.45) is 0 Å². The number of aromatic nitrogens is 2. The molecule has 6 nitrogen and oxygen atoms in total. The lowest BCUT2D eigenvalue weighted by atomic mass is 10.2. The highest BCUT2D eigenvalue weighted by Crippen LogP contribution is 2.31. The van der Waals surface area contributed by atoms with Crippen LogP contribution in [0.1, 0.15) is 22.8 Å². The Morgan fingerprint density at radius 1 is 1.19 bits per heavy atom. The lowest BCUT2D eigenvalue weighted by Crippen LogP contribution is -2.14. The third kappa shape index (κ3) is 6.09. The molecule has 3 rings (SSSR count). The van der Waals surface area contributed by atoms with E-state index in [1.54, 1.807) is 29.9 Å². The van der Waals surface area contributed by atoms with Gasteiger partial charge in [0.2, 0.25) is 0 Å². The van der Waals surface area contributed by atoms with E-state index in [4.69, 9.17) is 27.9 Å². The van der Waals surface area contributed by atoms with Crippen LogP contribution in [0.2, 0.25) is 10.0 Å². The number of nitrogens with zero attached hydrogens (tertiary/aromatic N) is 2. The topological polar surface area (TPSA) is 65.4 Å². The largest absolute Gasteiger partial charge is 0.490 e. The van der Waals surface area contributed by atoms with Crippen molar-refractivity contribution in [1.29, 1.82) is 0 Å². The van der Waals surface area contributed by atoms with E-state index in [0.717, 1.165) is 5.56 Å². The summed E-state index contributed by atoms with van der Waals surface area (Å²) in [6, 6.07) is 9.19. The van der Waals surface area contributed by atoms with Gasteiger partial charge >= 0.3 is 6.61 Å². The van der Waals surface area contributed by atoms with E-state index in [2.05, 4.69) is 31.1 Å². The molecule has 0 aliphatic rings. The molecule has 1 aromatic heterocycles. The number of hydrogen-bond donors (Lipinski definition) is 1. The van der Waals surface area contributed by atoms with Gasteiger partial charge < -0.3 is 14.8 Å². The second kappa shape index (κ2) is 10.3. The number of hydrogen-bond acceptors (Lipinski definition) is 4. The number of carbonyl (C=O) groups excluding carboxylic acids is 1. The first kappa shape index (κ1) is 23.3. The van der Waals surface area contributed by atoms with Gasteiger partial charge in [-0.05, 0) is 58.7 Å². The van der Waals surface area contributed by atoms with Gasteiger partial charge in [-0.1, -0.05) is 29.3 Å². The van der Waals surface area contributed by atoms with Crippen molar-refractivity contribution in [2.75, 3.05) is 11.9 Å². The van der Waals surface area contributed by atoms with Crippen molar-refractivity contribution < 1.29 is 23.0 Å². The van der Waals surface area contributed by atoms with Crippen LogP contribution in [-0.4, -0.2) is 28.9 Å². The quantitative estimate of drug-likeness (QED) is 0.371. The van der Waals surface area contributed by atoms with Gasteiger partial charge in [-0.25, -0.2) is 0 Å². The molecule has 0 fully saturated rings. The summed E-state index contributed by atoms with van der Waals surface area (Å²) in [5.74, 6) is -0.318. The molecule has 31 heavy (non-hydrogen) atoms. The normalized spacial score (nSPS) is 10.9. The van der Waals surface area contributed by atoms with Crippen LogP contribution in [0.25, 0.3) is 0 Å². The molecule has 1 N–H and O–H groups in total. The summed E-state index contributed by atoms with van der Waals surface area (Å²) in [4.78, 5) is 12.6. The summed E-state index contributed by atoms with van der Waals surface area (Å²) < 4.78 is 37.0. The Hall–Kier alpha value is -2.36. The fourth-order valence-corrected chi connectivity index (χ4v) is 3.41. The molecule has 0 aliphatic carbocycles. The zero-order chi connectivity index (χ0) is 22.5. The average molecular weight is 535 g/mol. The SMILES string of the molecule is CCOc1cc(C(=O)Nc2nn(Cc3ccc(Cl)c(Cl)c3)cc2Br)ccc1OC(F)F. The Morgan fingerprint density at radius 2 is 1.97 bits per heavy atom. The van der Waals surface area contributed by atoms with E-state index < -0.39 is 12.5 Å². The Balaban J connectivity index is 1.75. The summed E-state index contributed by atoms with van der Waals surface area (Å²) in [6.07, 6.45) is 1.70. The third-order valence-electron chi connectivity index (χ3n) is 4.00. The minimum atomic E-state index is -3.01. The molecule has 2 aromatic carbocycles. The molecule has 0 aliphatic heterocycles. The number of alkyl halides is 2. The predicted molar refractivity (Wildman–Crippen MR) is 118 cm³/mol. The number of nitrogens with one attached hydrogen (secondary N) is 1. The first-order chi connectivity index (χ1) is 14.8. The summed E-state index contributed by atoms with van der Waals surface area (Å²) >= 11 is 15.3. The monoisotopic (exact) mass is 533 g/mol. The molecule has 0 bridgehead atoms. The number of amides is 1. The highest BCUT2D eigenvalue weighted by molar-refractivity contribution is 9.10. The van der Waals surface area contributed by atoms with Gasteiger partial charge in [0.05, 0.1) is 27.7 Å². The molecule has 0 atom stereocenters. The molecule has 1 heterocycles. The van der Waals surface area contributed by atoms with Crippen molar-refractivity contribution in [3.05, 3.63) is 68.2 Å². The van der Waals surface area contributed by atoms with Crippen LogP contribution in [0.15, 0.2) is 47.1 Å². The van der Waals surface area contributed by atoms with Gasteiger partial charge in [0.1, 0.15) is 0 Å². The molecule has 0 radical (unpaired) electrons. The van der Waals surface area contributed by atoms with Crippen molar-refractivity contribution in [1.82, 2.24) is 9.78 Å². The van der Waals surface area contributed by atoms with Crippen LogP contribution in [0.4, 0.5) is 14.6 Å². The van der Waals surface area contributed by atoms with Crippen LogP contribution < -0.4 is 14.8 Å². The van der Waals surface area contributed by atoms with Crippen LogP contribution in [0.3, 0.4) is 0 Å². The molecule has 3 aromatic rings. The van der Waals surface area contributed by atoms with Crippen LogP contribution in [0, 0.1) is 0 Å². The Bertz CT molecular complexity index is 1100. The average Bonchev–Trinajstić information content (AvgIpc) is 3.04. The Labute approximate surface area is 195 Å². The smallest absolute Gasteiger partial charge is 0.387 e. The standard InChI is InChI=1S/C20H16BrCl2F2N3O3/c1-2-30-17-8-12(4-6-16(17)31-20(24)25)19(29)26-18-13(21)10-28(27-18)9-11-3-5-14(22)15(23)7-11/h3-8,10,20H,2,9H2,1H3,(H,26,27,29). The maximum atomic E-state index is 12.6. The van der Waals surface area contributed by atoms with E-state index in [9.17, 15) is 13.6 Å². The van der Waals surface area contributed by atoms with E-state index in [1.807, 2.05) is 6.07 Å². The first-order valence-electron chi connectivity index (χ1n) is 8.96. The highest BCUT2D eigenvalue weighted by atomic mass is 79.9. The van der Waals surface area contributed by atoms with Crippen LogP contribution in [-0.2, 0) is 6.54 Å². The molecule has 1 amide bonds. The fraction of sp³-hybridized carbons (Fsp3) is 0.200. The second-order valence-corrected chi connectivity index (χ2v) is 7.87. The van der Waals surface area contributed by atoms with Gasteiger partial charge in [-0.3, -0.25) is 9.48 Å². The van der Waals surface area contributed by atoms with Crippen molar-refractivity contribution in [2.45, 2.75) is 20.1 Å². The summed E-state index contributed by atoms with van der Waals surface area (Å²) in [5.41, 5.74) is 1.06. The minimum Gasteiger partial charge on any atom is -0.490 e. The van der Waals surface area contributed by atoms with Crippen molar-refractivity contribution >= 4 is 50.9 Å². The van der Waals surface area contributed by atoms with E-state index in [1.165, 1.54) is 18.2 Å². The minimum absolute atomic E-state index is 0.0414. The maximum absolute atomic E-state index is 12.6. The van der Waals surface area contributed by atoms with Crippen molar-refractivity contribution in [3.8, 4) is 11.5 Å². The summed E-state index contributed by atoms with van der Waals surface area (Å²) in [7, 11) is 0. The zero-order valence-corrected chi connectivity index (χ0v) is 19.1. The predicted octanol–water partition coefficient (Wildman–Crippen LogP) is 6.25. The van der Waals surface area contributed by atoms with Gasteiger partial charge in [-0.15, -0.1) is 0 Å². The third-order valence-corrected chi connectivity index (χ3v) is 5.32. The van der Waals surface area contributed by atoms with Crippen molar-refractivity contribution in [3.63, 3.8) is 0 Å². The molecular formula is C20H16BrCl2F2N3O3.